The molecule has 0 aliphatic heterocycles. The molecule has 0 saturated carbocycles. The van der Waals surface area contributed by atoms with Crippen molar-refractivity contribution < 1.29 is 19.1 Å². The predicted molar refractivity (Wildman–Crippen MR) is 105 cm³/mol. The van der Waals surface area contributed by atoms with E-state index in [0.29, 0.717) is 0 Å². The zero-order chi connectivity index (χ0) is 20.1. The number of esters is 2. The number of nitrogens with one attached hydrogen (secondary N) is 1. The van der Waals surface area contributed by atoms with E-state index in [2.05, 4.69) is 5.32 Å². The largest absolute Gasteiger partial charge is 0.461 e. The van der Waals surface area contributed by atoms with E-state index in [1.165, 1.54) is 6.92 Å². The topological polar surface area (TPSA) is 64.6 Å². The Labute approximate surface area is 157 Å². The summed E-state index contributed by atoms with van der Waals surface area (Å²) in [6, 6.07) is 0.212. The van der Waals surface area contributed by atoms with Crippen molar-refractivity contribution in [3.8, 4) is 0 Å². The van der Waals surface area contributed by atoms with Gasteiger partial charge in [-0.1, -0.05) is 32.1 Å². The smallest absolute Gasteiger partial charge is 0.308 e. The molecule has 0 saturated heterocycles. The summed E-state index contributed by atoms with van der Waals surface area (Å²) in [6.07, 6.45) is 9.49. The number of ether oxygens (including phenoxy) is 2. The standard InChI is InChI=1S/C21H33NO4/c1-8-10-18(13-25-17(7)23)12-19(14-26-21(24)15(3)4)20(11-9-2)22-16(5)6/h8-12,15-16,22H,13-14H2,1-7H3/b10-8-,11-9+,18-12+,20-19-. The summed E-state index contributed by atoms with van der Waals surface area (Å²) < 4.78 is 10.5. The molecule has 0 fully saturated rings. The van der Waals surface area contributed by atoms with E-state index >= 15 is 0 Å². The average molecular weight is 363 g/mol. The maximum absolute atomic E-state index is 11.9. The molecule has 0 bridgehead atoms. The lowest BCUT2D eigenvalue weighted by atomic mass is 10.1. The summed E-state index contributed by atoms with van der Waals surface area (Å²) in [6.45, 7) is 13.2. The van der Waals surface area contributed by atoms with Crippen molar-refractivity contribution in [2.75, 3.05) is 13.2 Å². The van der Waals surface area contributed by atoms with E-state index in [0.717, 1.165) is 16.8 Å². The summed E-state index contributed by atoms with van der Waals surface area (Å²) >= 11 is 0. The number of hydrogen-bond acceptors (Lipinski definition) is 5. The summed E-state index contributed by atoms with van der Waals surface area (Å²) in [5.74, 6) is -0.793. The highest BCUT2D eigenvalue weighted by atomic mass is 16.5. The fourth-order valence-electron chi connectivity index (χ4n) is 2.00. The van der Waals surface area contributed by atoms with Crippen molar-refractivity contribution in [3.63, 3.8) is 0 Å². The quantitative estimate of drug-likeness (QED) is 0.468. The Bertz CT molecular complexity index is 581. The number of carbonyl (C=O) groups is 2. The molecule has 0 aromatic heterocycles. The fourth-order valence-corrected chi connectivity index (χ4v) is 2.00. The summed E-state index contributed by atoms with van der Waals surface area (Å²) in [7, 11) is 0. The van der Waals surface area contributed by atoms with Crippen molar-refractivity contribution in [1.82, 2.24) is 5.32 Å². The molecule has 26 heavy (non-hydrogen) atoms. The van der Waals surface area contributed by atoms with Crippen molar-refractivity contribution in [2.45, 2.75) is 54.5 Å². The summed E-state index contributed by atoms with van der Waals surface area (Å²) in [4.78, 5) is 23.0. The third kappa shape index (κ3) is 10.5. The first-order valence-corrected chi connectivity index (χ1v) is 8.96. The molecular weight excluding hydrogens is 330 g/mol. The maximum Gasteiger partial charge on any atom is 0.308 e. The Morgan fingerprint density at radius 1 is 0.962 bits per heavy atom. The van der Waals surface area contributed by atoms with Crippen molar-refractivity contribution in [2.24, 2.45) is 5.92 Å². The van der Waals surface area contributed by atoms with Crippen molar-refractivity contribution >= 4 is 11.9 Å². The highest BCUT2D eigenvalue weighted by Gasteiger charge is 2.12. The van der Waals surface area contributed by atoms with E-state index in [4.69, 9.17) is 9.47 Å². The minimum absolute atomic E-state index is 0.136. The molecule has 0 radical (unpaired) electrons. The van der Waals surface area contributed by atoms with E-state index in [1.54, 1.807) is 13.8 Å². The third-order valence-corrected chi connectivity index (χ3v) is 3.15. The van der Waals surface area contributed by atoms with Gasteiger partial charge in [-0.25, -0.2) is 0 Å². The minimum atomic E-state index is -0.342. The van der Waals surface area contributed by atoms with Gasteiger partial charge in [0.1, 0.15) is 13.2 Å². The lowest BCUT2D eigenvalue weighted by Crippen LogP contribution is -2.24. The molecule has 0 rings (SSSR count). The SMILES string of the molecule is C\C=C/C(=C\C(COC(=O)C(C)C)=C(/C=C/C)NC(C)C)COC(C)=O. The van der Waals surface area contributed by atoms with Gasteiger partial charge in [0, 0.05) is 24.2 Å². The maximum atomic E-state index is 11.9. The van der Waals surface area contributed by atoms with Gasteiger partial charge in [0.25, 0.3) is 0 Å². The van der Waals surface area contributed by atoms with E-state index in [9.17, 15) is 9.59 Å². The van der Waals surface area contributed by atoms with E-state index in [1.807, 2.05) is 58.1 Å². The van der Waals surface area contributed by atoms with Gasteiger partial charge in [0.05, 0.1) is 5.92 Å². The van der Waals surface area contributed by atoms with Gasteiger partial charge in [-0.05, 0) is 45.4 Å². The van der Waals surface area contributed by atoms with Crippen molar-refractivity contribution in [1.29, 1.82) is 0 Å². The molecule has 0 spiro atoms. The molecule has 5 heteroatoms. The van der Waals surface area contributed by atoms with Crippen LogP contribution < -0.4 is 5.32 Å². The Kier molecular flexibility index (Phi) is 11.8. The molecule has 146 valence electrons. The van der Waals surface area contributed by atoms with Crippen molar-refractivity contribution in [3.05, 3.63) is 47.2 Å². The molecule has 0 aromatic carbocycles. The molecule has 5 nitrogen and oxygen atoms in total. The normalized spacial score (nSPS) is 13.5. The lowest BCUT2D eigenvalue weighted by molar-refractivity contribution is -0.146. The molecule has 0 atom stereocenters. The zero-order valence-corrected chi connectivity index (χ0v) is 17.1. The monoisotopic (exact) mass is 363 g/mol. The Morgan fingerprint density at radius 3 is 2.04 bits per heavy atom. The molecule has 0 aromatic rings. The van der Waals surface area contributed by atoms with Crippen LogP contribution in [-0.4, -0.2) is 31.2 Å². The van der Waals surface area contributed by atoms with Crippen LogP contribution in [0.1, 0.15) is 48.5 Å². The molecule has 0 heterocycles. The Balaban J connectivity index is 5.86. The molecule has 0 aliphatic carbocycles. The van der Waals surface area contributed by atoms with Crippen LogP contribution in [0, 0.1) is 5.92 Å². The highest BCUT2D eigenvalue weighted by molar-refractivity contribution is 5.71. The fraction of sp³-hybridized carbons (Fsp3) is 0.524. The van der Waals surface area contributed by atoms with Crippen LogP contribution in [0.5, 0.6) is 0 Å². The highest BCUT2D eigenvalue weighted by Crippen LogP contribution is 2.13. The van der Waals surface area contributed by atoms with Crippen LogP contribution in [0.15, 0.2) is 47.2 Å². The first-order valence-electron chi connectivity index (χ1n) is 8.96. The second-order valence-electron chi connectivity index (χ2n) is 6.50. The first kappa shape index (κ1) is 23.7. The third-order valence-electron chi connectivity index (χ3n) is 3.15. The second-order valence-corrected chi connectivity index (χ2v) is 6.50. The van der Waals surface area contributed by atoms with Gasteiger partial charge < -0.3 is 14.8 Å². The second kappa shape index (κ2) is 13.0. The van der Waals surface area contributed by atoms with Crippen LogP contribution in [0.25, 0.3) is 0 Å². The van der Waals surface area contributed by atoms with Crippen LogP contribution in [0.3, 0.4) is 0 Å². The number of allylic oxidation sites excluding steroid dienone is 3. The van der Waals surface area contributed by atoms with E-state index < -0.39 is 0 Å². The summed E-state index contributed by atoms with van der Waals surface area (Å²) in [5.41, 5.74) is 2.49. The van der Waals surface area contributed by atoms with Crippen LogP contribution in [0.2, 0.25) is 0 Å². The zero-order valence-electron chi connectivity index (χ0n) is 17.1. The molecule has 0 amide bonds. The minimum Gasteiger partial charge on any atom is -0.461 e. The molecular formula is C21H33NO4. The van der Waals surface area contributed by atoms with Crippen LogP contribution in [0.4, 0.5) is 0 Å². The van der Waals surface area contributed by atoms with Gasteiger partial charge in [-0.15, -0.1) is 0 Å². The molecule has 0 aliphatic rings. The Morgan fingerprint density at radius 2 is 1.58 bits per heavy atom. The predicted octanol–water partition coefficient (Wildman–Crippen LogP) is 4.08. The molecule has 0 unspecified atom stereocenters. The van der Waals surface area contributed by atoms with Gasteiger partial charge in [0.15, 0.2) is 0 Å². The van der Waals surface area contributed by atoms with Crippen LogP contribution in [-0.2, 0) is 19.1 Å². The van der Waals surface area contributed by atoms with Gasteiger partial charge >= 0.3 is 11.9 Å². The van der Waals surface area contributed by atoms with Crippen LogP contribution >= 0.6 is 0 Å². The lowest BCUT2D eigenvalue weighted by Gasteiger charge is -2.17. The number of hydrogen-bond donors (Lipinski definition) is 1. The molecule has 1 N–H and O–H groups in total. The van der Waals surface area contributed by atoms with Gasteiger partial charge in [-0.3, -0.25) is 9.59 Å². The van der Waals surface area contributed by atoms with E-state index in [-0.39, 0.29) is 37.1 Å². The van der Waals surface area contributed by atoms with Gasteiger partial charge in [-0.2, -0.15) is 0 Å². The Hall–Kier alpha value is -2.30. The summed E-state index contributed by atoms with van der Waals surface area (Å²) in [5, 5.41) is 3.37. The first-order chi connectivity index (χ1) is 12.2. The number of carbonyl (C=O) groups excluding carboxylic acids is 2. The number of rotatable bonds is 10. The average Bonchev–Trinajstić information content (AvgIpc) is 2.54. The van der Waals surface area contributed by atoms with Gasteiger partial charge in [0.2, 0.25) is 0 Å².